The molecule has 11 nitrogen and oxygen atoms in total. The molecule has 0 aromatic carbocycles. The first-order chi connectivity index (χ1) is 16.3. The number of nitrogens with zero attached hydrogens (tertiary/aromatic N) is 6. The van der Waals surface area contributed by atoms with Crippen LogP contribution in [0.3, 0.4) is 0 Å². The Morgan fingerprint density at radius 1 is 1.38 bits per heavy atom. The molecule has 0 bridgehead atoms. The Morgan fingerprint density at radius 3 is 2.85 bits per heavy atom. The van der Waals surface area contributed by atoms with Crippen LogP contribution in [0.25, 0.3) is 21.6 Å². The van der Waals surface area contributed by atoms with E-state index in [2.05, 4.69) is 25.7 Å². The zero-order valence-corrected chi connectivity index (χ0v) is 20.6. The molecule has 3 heterocycles. The molecule has 2 unspecified atom stereocenters. The first kappa shape index (κ1) is 23.8. The van der Waals surface area contributed by atoms with Gasteiger partial charge >= 0.3 is 0 Å². The Labute approximate surface area is 201 Å². The summed E-state index contributed by atoms with van der Waals surface area (Å²) in [5.74, 6) is 0.785. The maximum atomic E-state index is 12.1. The van der Waals surface area contributed by atoms with E-state index < -0.39 is 11.6 Å². The lowest BCUT2D eigenvalue weighted by Crippen LogP contribution is -2.57. The van der Waals surface area contributed by atoms with Gasteiger partial charge in [0, 0.05) is 24.2 Å². The molecular formula is C22H28N8O3S. The van der Waals surface area contributed by atoms with Crippen LogP contribution in [0.1, 0.15) is 6.42 Å². The van der Waals surface area contributed by atoms with E-state index >= 15 is 0 Å². The van der Waals surface area contributed by atoms with Gasteiger partial charge in [-0.3, -0.25) is 14.8 Å². The first-order valence-corrected chi connectivity index (χ1v) is 11.6. The van der Waals surface area contributed by atoms with E-state index in [0.717, 1.165) is 15.9 Å². The van der Waals surface area contributed by atoms with Crippen molar-refractivity contribution >= 4 is 27.5 Å². The highest BCUT2D eigenvalue weighted by Gasteiger charge is 2.46. The van der Waals surface area contributed by atoms with Gasteiger partial charge in [0.15, 0.2) is 0 Å². The number of rotatable bonds is 9. The molecule has 2 N–H and O–H groups in total. The van der Waals surface area contributed by atoms with E-state index in [1.165, 1.54) is 0 Å². The summed E-state index contributed by atoms with van der Waals surface area (Å²) in [6.45, 7) is 0.668. The van der Waals surface area contributed by atoms with Gasteiger partial charge in [-0.1, -0.05) is 0 Å². The van der Waals surface area contributed by atoms with Gasteiger partial charge in [0.1, 0.15) is 17.0 Å². The number of nitrogens with one attached hydrogen (secondary N) is 2. The van der Waals surface area contributed by atoms with Crippen molar-refractivity contribution in [3.8, 4) is 11.4 Å². The molecule has 0 saturated carbocycles. The van der Waals surface area contributed by atoms with Crippen molar-refractivity contribution in [2.45, 2.75) is 18.0 Å². The predicted molar refractivity (Wildman–Crippen MR) is 132 cm³/mol. The van der Waals surface area contributed by atoms with Crippen molar-refractivity contribution in [2.24, 2.45) is 7.05 Å². The molecule has 0 radical (unpaired) electrons. The Morgan fingerprint density at radius 2 is 2.18 bits per heavy atom. The molecule has 3 aromatic rings. The summed E-state index contributed by atoms with van der Waals surface area (Å²) in [5.41, 5.74) is 2.00. The zero-order valence-electron chi connectivity index (χ0n) is 19.8. The molecule has 0 aliphatic heterocycles. The van der Waals surface area contributed by atoms with Gasteiger partial charge in [-0.05, 0) is 57.7 Å². The van der Waals surface area contributed by atoms with Crippen LogP contribution >= 0.6 is 11.3 Å². The SMILES string of the molecule is CNC1(CCN(C)C)C=C(OC)C(Nc2nccc(-c3nn(C)c4ccsc34)n2)=CC1[N+](=O)[O-]. The number of fused-ring (bicyclic) bond motifs is 1. The van der Waals surface area contributed by atoms with Gasteiger partial charge in [0.2, 0.25) is 5.95 Å². The number of likely N-dealkylation sites (N-methyl/N-ethyl adjacent to an activating group) is 1. The second-order valence-corrected chi connectivity index (χ2v) is 9.28. The Kier molecular flexibility index (Phi) is 6.64. The minimum absolute atomic E-state index is 0.282. The normalized spacial score (nSPS) is 20.4. The largest absolute Gasteiger partial charge is 0.495 e. The molecular weight excluding hydrogens is 456 g/mol. The fraction of sp³-hybridized carbons (Fsp3) is 0.409. The molecule has 0 spiro atoms. The third-order valence-corrected chi connectivity index (χ3v) is 6.90. The molecule has 0 amide bonds. The summed E-state index contributed by atoms with van der Waals surface area (Å²) >= 11 is 1.60. The van der Waals surface area contributed by atoms with Crippen LogP contribution in [-0.4, -0.2) is 75.9 Å². The quantitative estimate of drug-likeness (QED) is 0.348. The van der Waals surface area contributed by atoms with Crippen LogP contribution in [0.5, 0.6) is 0 Å². The highest BCUT2D eigenvalue weighted by atomic mass is 32.1. The van der Waals surface area contributed by atoms with E-state index in [-0.39, 0.29) is 4.92 Å². The van der Waals surface area contributed by atoms with Crippen LogP contribution in [0.4, 0.5) is 5.95 Å². The summed E-state index contributed by atoms with van der Waals surface area (Å²) < 4.78 is 8.47. The Hall–Kier alpha value is -3.35. The Balaban J connectivity index is 1.68. The zero-order chi connectivity index (χ0) is 24.5. The van der Waals surface area contributed by atoms with Gasteiger partial charge in [-0.2, -0.15) is 5.10 Å². The van der Waals surface area contributed by atoms with E-state index in [1.54, 1.807) is 49.9 Å². The molecule has 1 aliphatic rings. The monoisotopic (exact) mass is 484 g/mol. The van der Waals surface area contributed by atoms with Crippen molar-refractivity contribution in [3.63, 3.8) is 0 Å². The standard InChI is InChI=1S/C22H28N8O3S/c1-23-22(8-10-28(2)3)13-17(33-5)15(12-18(22)30(31)32)26-21-24-9-6-14(25-21)19-20-16(7-11-34-20)29(4)27-19/h6-7,9,11-13,18,23H,8,10H2,1-5H3,(H,24,25,26). The van der Waals surface area contributed by atoms with Gasteiger partial charge in [-0.15, -0.1) is 11.3 Å². The van der Waals surface area contributed by atoms with Gasteiger partial charge in [0.25, 0.3) is 6.04 Å². The fourth-order valence-electron chi connectivity index (χ4n) is 4.10. The summed E-state index contributed by atoms with van der Waals surface area (Å²) in [6, 6.07) is 2.80. The average molecular weight is 485 g/mol. The lowest BCUT2D eigenvalue weighted by molar-refractivity contribution is -0.519. The maximum absolute atomic E-state index is 12.1. The summed E-state index contributed by atoms with van der Waals surface area (Å²) in [5, 5.41) is 25.0. The maximum Gasteiger partial charge on any atom is 0.255 e. The second-order valence-electron chi connectivity index (χ2n) is 8.36. The van der Waals surface area contributed by atoms with Gasteiger partial charge in [-0.25, -0.2) is 9.97 Å². The highest BCUT2D eigenvalue weighted by Crippen LogP contribution is 2.33. The number of nitro groups is 1. The highest BCUT2D eigenvalue weighted by molar-refractivity contribution is 7.17. The summed E-state index contributed by atoms with van der Waals surface area (Å²) in [4.78, 5) is 22.7. The van der Waals surface area contributed by atoms with Crippen molar-refractivity contribution in [1.82, 2.24) is 30.0 Å². The number of anilines is 1. The lowest BCUT2D eigenvalue weighted by Gasteiger charge is -2.36. The third-order valence-electron chi connectivity index (χ3n) is 5.99. The average Bonchev–Trinajstić information content (AvgIpc) is 3.42. The third kappa shape index (κ3) is 4.39. The molecule has 1 aliphatic carbocycles. The lowest BCUT2D eigenvalue weighted by atomic mass is 9.82. The summed E-state index contributed by atoms with van der Waals surface area (Å²) in [7, 11) is 9.04. The van der Waals surface area contributed by atoms with E-state index in [4.69, 9.17) is 4.74 Å². The fourth-order valence-corrected chi connectivity index (χ4v) is 5.01. The van der Waals surface area contributed by atoms with Crippen LogP contribution in [-0.2, 0) is 11.8 Å². The molecule has 4 rings (SSSR count). The number of hydrogen-bond donors (Lipinski definition) is 2. The second kappa shape index (κ2) is 9.49. The van der Waals surface area contributed by atoms with Gasteiger partial charge < -0.3 is 20.3 Å². The number of aryl methyl sites for hydroxylation is 1. The molecule has 3 aromatic heterocycles. The number of hydrogen-bond acceptors (Lipinski definition) is 10. The van der Waals surface area contributed by atoms with Crippen molar-refractivity contribution in [3.05, 3.63) is 57.4 Å². The van der Waals surface area contributed by atoms with Crippen molar-refractivity contribution < 1.29 is 9.66 Å². The Bertz CT molecular complexity index is 1260. The van der Waals surface area contributed by atoms with Crippen LogP contribution in [0.2, 0.25) is 0 Å². The van der Waals surface area contributed by atoms with E-state index in [9.17, 15) is 10.1 Å². The van der Waals surface area contributed by atoms with Crippen LogP contribution < -0.4 is 10.6 Å². The van der Waals surface area contributed by atoms with Crippen molar-refractivity contribution in [2.75, 3.05) is 40.1 Å². The van der Waals surface area contributed by atoms with Crippen LogP contribution in [0, 0.1) is 10.1 Å². The van der Waals surface area contributed by atoms with Crippen LogP contribution in [0.15, 0.2) is 47.3 Å². The first-order valence-electron chi connectivity index (χ1n) is 10.7. The van der Waals surface area contributed by atoms with E-state index in [1.807, 2.05) is 42.2 Å². The minimum Gasteiger partial charge on any atom is -0.495 e. The number of ether oxygens (including phenoxy) is 1. The smallest absolute Gasteiger partial charge is 0.255 e. The van der Waals surface area contributed by atoms with E-state index in [0.29, 0.717) is 36.1 Å². The molecule has 0 saturated heterocycles. The minimum atomic E-state index is -1.01. The number of thiophene rings is 1. The molecule has 0 fully saturated rings. The molecule has 12 heteroatoms. The number of aromatic nitrogens is 4. The molecule has 34 heavy (non-hydrogen) atoms. The summed E-state index contributed by atoms with van der Waals surface area (Å²) in [6.07, 6.45) is 5.52. The van der Waals surface area contributed by atoms with Crippen molar-refractivity contribution in [1.29, 1.82) is 0 Å². The molecule has 2 atom stereocenters. The van der Waals surface area contributed by atoms with Gasteiger partial charge in [0.05, 0.1) is 28.7 Å². The number of methoxy groups -OCH3 is 1. The molecule has 180 valence electrons. The topological polar surface area (TPSA) is 123 Å². The predicted octanol–water partition coefficient (Wildman–Crippen LogP) is 2.49.